The highest BCUT2D eigenvalue weighted by molar-refractivity contribution is 6.30. The molecule has 0 saturated heterocycles. The van der Waals surface area contributed by atoms with Crippen LogP contribution in [0.1, 0.15) is 18.2 Å². The molecular weight excluding hydrogens is 230 g/mol. The lowest BCUT2D eigenvalue weighted by atomic mass is 10.1. The van der Waals surface area contributed by atoms with Gasteiger partial charge in [-0.25, -0.2) is 0 Å². The number of hydrogen-bond acceptors (Lipinski definition) is 4. The predicted octanol–water partition coefficient (Wildman–Crippen LogP) is 0.215. The van der Waals surface area contributed by atoms with Crippen molar-refractivity contribution < 1.29 is 10.2 Å². The van der Waals surface area contributed by atoms with Crippen LogP contribution in [0.15, 0.2) is 0 Å². The summed E-state index contributed by atoms with van der Waals surface area (Å²) in [7, 11) is 1.77. The van der Waals surface area contributed by atoms with Gasteiger partial charge in [-0.05, 0) is 13.8 Å². The number of rotatable bonds is 5. The molecule has 0 aliphatic rings. The van der Waals surface area contributed by atoms with Crippen molar-refractivity contribution >= 4 is 11.6 Å². The van der Waals surface area contributed by atoms with E-state index in [1.807, 2.05) is 6.92 Å². The molecule has 0 aliphatic heterocycles. The first kappa shape index (κ1) is 13.4. The molecule has 1 aromatic rings. The van der Waals surface area contributed by atoms with E-state index in [1.165, 1.54) is 0 Å². The van der Waals surface area contributed by atoms with Gasteiger partial charge in [0.15, 0.2) is 0 Å². The monoisotopic (exact) mass is 247 g/mol. The number of aliphatic hydroxyl groups is 2. The van der Waals surface area contributed by atoms with Gasteiger partial charge in [0.05, 0.1) is 24.4 Å². The standard InChI is InChI=1S/C10H18ClN3O2/c1-7-8(9(11)14(3)13-7)4-12-10(2,5-15)6-16/h12,15-16H,4-6H2,1-3H3. The molecule has 3 N–H and O–H groups in total. The molecule has 1 rings (SSSR count). The van der Waals surface area contributed by atoms with Gasteiger partial charge in [-0.1, -0.05) is 11.6 Å². The van der Waals surface area contributed by atoms with Gasteiger partial charge in [0.25, 0.3) is 0 Å². The van der Waals surface area contributed by atoms with E-state index in [9.17, 15) is 0 Å². The third-order valence-electron chi connectivity index (χ3n) is 2.66. The summed E-state index contributed by atoms with van der Waals surface area (Å²) in [5.41, 5.74) is 1.03. The molecule has 92 valence electrons. The van der Waals surface area contributed by atoms with Gasteiger partial charge < -0.3 is 15.5 Å². The predicted molar refractivity (Wildman–Crippen MR) is 62.4 cm³/mol. The minimum atomic E-state index is -0.703. The number of nitrogens with one attached hydrogen (secondary N) is 1. The van der Waals surface area contributed by atoms with Gasteiger partial charge in [-0.2, -0.15) is 5.10 Å². The molecule has 16 heavy (non-hydrogen) atoms. The van der Waals surface area contributed by atoms with Crippen molar-refractivity contribution in [2.75, 3.05) is 13.2 Å². The molecule has 0 amide bonds. The Morgan fingerprint density at radius 2 is 2.00 bits per heavy atom. The van der Waals surface area contributed by atoms with Crippen molar-refractivity contribution in [1.82, 2.24) is 15.1 Å². The largest absolute Gasteiger partial charge is 0.394 e. The number of aromatic nitrogens is 2. The van der Waals surface area contributed by atoms with E-state index < -0.39 is 5.54 Å². The second kappa shape index (κ2) is 5.14. The van der Waals surface area contributed by atoms with Crippen LogP contribution in [0.4, 0.5) is 0 Å². The quantitative estimate of drug-likeness (QED) is 0.696. The van der Waals surface area contributed by atoms with E-state index in [1.54, 1.807) is 18.7 Å². The van der Waals surface area contributed by atoms with Crippen molar-refractivity contribution in [3.8, 4) is 0 Å². The maximum Gasteiger partial charge on any atom is 0.131 e. The van der Waals surface area contributed by atoms with E-state index in [0.717, 1.165) is 11.3 Å². The van der Waals surface area contributed by atoms with Crippen LogP contribution < -0.4 is 5.32 Å². The highest BCUT2D eigenvalue weighted by Gasteiger charge is 2.22. The third-order valence-corrected chi connectivity index (χ3v) is 3.13. The average molecular weight is 248 g/mol. The molecule has 0 spiro atoms. The summed E-state index contributed by atoms with van der Waals surface area (Å²) in [5, 5.41) is 26.1. The molecule has 0 saturated carbocycles. The second-order valence-electron chi connectivity index (χ2n) is 4.21. The summed E-state index contributed by atoms with van der Waals surface area (Å²) in [6.45, 7) is 3.81. The van der Waals surface area contributed by atoms with Gasteiger partial charge in [-0.3, -0.25) is 4.68 Å². The van der Waals surface area contributed by atoms with Crippen molar-refractivity contribution in [2.24, 2.45) is 7.05 Å². The molecule has 0 aromatic carbocycles. The molecule has 0 fully saturated rings. The van der Waals surface area contributed by atoms with Gasteiger partial charge in [-0.15, -0.1) is 0 Å². The van der Waals surface area contributed by atoms with E-state index in [-0.39, 0.29) is 13.2 Å². The number of halogens is 1. The highest BCUT2D eigenvalue weighted by Crippen LogP contribution is 2.19. The Morgan fingerprint density at radius 3 is 2.38 bits per heavy atom. The van der Waals surface area contributed by atoms with Crippen molar-refractivity contribution in [1.29, 1.82) is 0 Å². The lowest BCUT2D eigenvalue weighted by Gasteiger charge is -2.26. The molecule has 0 atom stereocenters. The molecule has 0 aliphatic carbocycles. The third kappa shape index (κ3) is 2.74. The topological polar surface area (TPSA) is 70.3 Å². The summed E-state index contributed by atoms with van der Waals surface area (Å²) in [5.74, 6) is 0. The van der Waals surface area contributed by atoms with Crippen molar-refractivity contribution in [3.63, 3.8) is 0 Å². The first-order valence-electron chi connectivity index (χ1n) is 5.08. The van der Waals surface area contributed by atoms with E-state index in [2.05, 4.69) is 10.4 Å². The fraction of sp³-hybridized carbons (Fsp3) is 0.700. The van der Waals surface area contributed by atoms with Crippen molar-refractivity contribution in [2.45, 2.75) is 25.9 Å². The Bertz CT molecular complexity index is 361. The van der Waals surface area contributed by atoms with Crippen LogP contribution in [0.5, 0.6) is 0 Å². The number of nitrogens with zero attached hydrogens (tertiary/aromatic N) is 2. The van der Waals surface area contributed by atoms with Crippen LogP contribution in [-0.2, 0) is 13.6 Å². The van der Waals surface area contributed by atoms with E-state index in [4.69, 9.17) is 21.8 Å². The molecule has 1 heterocycles. The van der Waals surface area contributed by atoms with Crippen LogP contribution in [-0.4, -0.2) is 38.7 Å². The van der Waals surface area contributed by atoms with E-state index >= 15 is 0 Å². The summed E-state index contributed by atoms with van der Waals surface area (Å²) >= 11 is 6.06. The Hall–Kier alpha value is -0.620. The second-order valence-corrected chi connectivity index (χ2v) is 4.57. The van der Waals surface area contributed by atoms with Crippen LogP contribution in [0.3, 0.4) is 0 Å². The van der Waals surface area contributed by atoms with Gasteiger partial charge >= 0.3 is 0 Å². The van der Waals surface area contributed by atoms with Crippen molar-refractivity contribution in [3.05, 3.63) is 16.4 Å². The number of aryl methyl sites for hydroxylation is 2. The molecule has 0 bridgehead atoms. The molecule has 0 radical (unpaired) electrons. The Balaban J connectivity index is 2.74. The Labute approximate surface area is 100 Å². The van der Waals surface area contributed by atoms with Gasteiger partial charge in [0.1, 0.15) is 5.15 Å². The van der Waals surface area contributed by atoms with Crippen LogP contribution in [0.25, 0.3) is 0 Å². The van der Waals surface area contributed by atoms with Crippen LogP contribution in [0, 0.1) is 6.92 Å². The zero-order chi connectivity index (χ0) is 12.3. The van der Waals surface area contributed by atoms with Crippen LogP contribution >= 0.6 is 11.6 Å². The van der Waals surface area contributed by atoms with Gasteiger partial charge in [0, 0.05) is 19.2 Å². The maximum absolute atomic E-state index is 9.13. The first-order chi connectivity index (χ1) is 7.43. The van der Waals surface area contributed by atoms with Gasteiger partial charge in [0.2, 0.25) is 0 Å². The summed E-state index contributed by atoms with van der Waals surface area (Å²) in [6, 6.07) is 0. The minimum absolute atomic E-state index is 0.138. The summed E-state index contributed by atoms with van der Waals surface area (Å²) in [4.78, 5) is 0. The number of aliphatic hydroxyl groups excluding tert-OH is 2. The summed E-state index contributed by atoms with van der Waals surface area (Å²) < 4.78 is 1.60. The molecule has 5 nitrogen and oxygen atoms in total. The zero-order valence-corrected chi connectivity index (χ0v) is 10.5. The summed E-state index contributed by atoms with van der Waals surface area (Å²) in [6.07, 6.45) is 0. The van der Waals surface area contributed by atoms with Crippen LogP contribution in [0.2, 0.25) is 5.15 Å². The molecule has 1 aromatic heterocycles. The normalized spacial score (nSPS) is 12.1. The smallest absolute Gasteiger partial charge is 0.131 e. The molecule has 6 heteroatoms. The SMILES string of the molecule is Cc1nn(C)c(Cl)c1CNC(C)(CO)CO. The average Bonchev–Trinajstić information content (AvgIpc) is 2.51. The Morgan fingerprint density at radius 1 is 1.44 bits per heavy atom. The lowest BCUT2D eigenvalue weighted by molar-refractivity contribution is 0.103. The first-order valence-corrected chi connectivity index (χ1v) is 5.46. The zero-order valence-electron chi connectivity index (χ0n) is 9.79. The fourth-order valence-corrected chi connectivity index (χ4v) is 1.58. The number of hydrogen-bond donors (Lipinski definition) is 3. The minimum Gasteiger partial charge on any atom is -0.394 e. The lowest BCUT2D eigenvalue weighted by Crippen LogP contribution is -2.48. The molecular formula is C10H18ClN3O2. The van der Waals surface area contributed by atoms with E-state index in [0.29, 0.717) is 11.7 Å². The Kier molecular flexibility index (Phi) is 4.32. The molecule has 0 unspecified atom stereocenters. The highest BCUT2D eigenvalue weighted by atomic mass is 35.5. The maximum atomic E-state index is 9.13. The fourth-order valence-electron chi connectivity index (χ4n) is 1.34.